The quantitative estimate of drug-likeness (QED) is 0.541. The Hall–Kier alpha value is -0.805. The highest BCUT2D eigenvalue weighted by Crippen LogP contribution is 2.19. The fourth-order valence-corrected chi connectivity index (χ4v) is 0.267. The molecule has 14 heavy (non-hydrogen) atoms. The molecule has 0 fully saturated rings. The van der Waals surface area contributed by atoms with Gasteiger partial charge in [0, 0.05) is 6.20 Å². The van der Waals surface area contributed by atoms with Crippen molar-refractivity contribution in [3.05, 3.63) is 12.3 Å². The maximum absolute atomic E-state index is 9.10. The molecule has 4 nitrogen and oxygen atoms in total. The minimum atomic E-state index is -1.01. The van der Waals surface area contributed by atoms with E-state index in [1.807, 2.05) is 0 Å². The van der Waals surface area contributed by atoms with E-state index in [4.69, 9.17) is 18.1 Å². The number of hydrogen-bond donors (Lipinski definition) is 3. The van der Waals surface area contributed by atoms with Crippen LogP contribution in [0.3, 0.4) is 0 Å². The van der Waals surface area contributed by atoms with E-state index in [1.54, 1.807) is 40.0 Å². The van der Waals surface area contributed by atoms with Crippen molar-refractivity contribution >= 4 is 13.4 Å². The van der Waals surface area contributed by atoms with E-state index in [9.17, 15) is 0 Å². The molecule has 3 N–H and O–H groups in total. The lowest BCUT2D eigenvalue weighted by Crippen LogP contribution is -2.44. The van der Waals surface area contributed by atoms with Gasteiger partial charge in [0.15, 0.2) is 0 Å². The van der Waals surface area contributed by atoms with E-state index in [2.05, 4.69) is 10.2 Å². The summed E-state index contributed by atoms with van der Waals surface area (Å²) in [6, 6.07) is 1.69. The van der Waals surface area contributed by atoms with Gasteiger partial charge in [-0.2, -0.15) is 5.10 Å². The summed E-state index contributed by atoms with van der Waals surface area (Å²) in [5.41, 5.74) is -1.41. The minimum absolute atomic E-state index is 0.606. The van der Waals surface area contributed by atoms with Crippen LogP contribution in [0.1, 0.15) is 27.7 Å². The van der Waals surface area contributed by atoms with Crippen molar-refractivity contribution in [2.24, 2.45) is 0 Å². The molecule has 0 saturated heterocycles. The smallest absolute Gasteiger partial charge is 0.140 e. The number of nitrogens with zero attached hydrogens (tertiary/aromatic N) is 1. The van der Waals surface area contributed by atoms with Crippen LogP contribution in [0, 0.1) is 0 Å². The molecule has 2 radical (unpaired) electrons. The Morgan fingerprint density at radius 2 is 1.64 bits per heavy atom. The summed E-state index contributed by atoms with van der Waals surface area (Å²) >= 11 is 0. The number of nitrogens with one attached hydrogen (secondary N) is 1. The number of aromatic nitrogens is 2. The number of aliphatic hydroxyl groups is 2. The topological polar surface area (TPSA) is 69.1 Å². The van der Waals surface area contributed by atoms with Gasteiger partial charge in [-0.15, -0.1) is 0 Å². The van der Waals surface area contributed by atoms with Crippen LogP contribution >= 0.6 is 0 Å². The molecule has 5 heteroatoms. The molecule has 1 aromatic heterocycles. The number of aromatic amines is 1. The zero-order chi connectivity index (χ0) is 11.4. The van der Waals surface area contributed by atoms with E-state index in [1.165, 1.54) is 0 Å². The van der Waals surface area contributed by atoms with Gasteiger partial charge in [0.1, 0.15) is 7.85 Å². The van der Waals surface area contributed by atoms with E-state index < -0.39 is 11.2 Å². The van der Waals surface area contributed by atoms with Gasteiger partial charge in [0.2, 0.25) is 0 Å². The second kappa shape index (κ2) is 4.62. The highest BCUT2D eigenvalue weighted by atomic mass is 16.3. The fraction of sp³-hybridized carbons (Fsp3) is 0.667. The molecule has 0 bridgehead atoms. The molecule has 0 saturated carbocycles. The SMILES string of the molecule is CC(C)(O)C(C)(C)O.[B]c1ccn[nH]1. The molecule has 1 rings (SSSR count). The van der Waals surface area contributed by atoms with Crippen LogP contribution < -0.4 is 5.59 Å². The Morgan fingerprint density at radius 3 is 1.71 bits per heavy atom. The van der Waals surface area contributed by atoms with E-state index in [0.717, 1.165) is 0 Å². The van der Waals surface area contributed by atoms with Crippen molar-refractivity contribution < 1.29 is 10.2 Å². The first-order chi connectivity index (χ1) is 6.14. The molecule has 0 aliphatic rings. The Labute approximate surface area is 85.8 Å². The third-order valence-corrected chi connectivity index (χ3v) is 2.02. The lowest BCUT2D eigenvalue weighted by atomic mass is 9.90. The largest absolute Gasteiger partial charge is 0.387 e. The fourth-order valence-electron chi connectivity index (χ4n) is 0.267. The van der Waals surface area contributed by atoms with Crippen molar-refractivity contribution in [2.45, 2.75) is 38.9 Å². The zero-order valence-electron chi connectivity index (χ0n) is 9.07. The van der Waals surface area contributed by atoms with Crippen molar-refractivity contribution in [2.75, 3.05) is 0 Å². The van der Waals surface area contributed by atoms with Gasteiger partial charge < -0.3 is 10.2 Å². The predicted octanol–water partition coefficient (Wildman–Crippen LogP) is -0.268. The maximum Gasteiger partial charge on any atom is 0.140 e. The van der Waals surface area contributed by atoms with Crippen LogP contribution in [-0.2, 0) is 0 Å². The molecule has 0 aromatic carbocycles. The molecule has 0 aliphatic heterocycles. The lowest BCUT2D eigenvalue weighted by molar-refractivity contribution is -0.107. The second-order valence-corrected chi connectivity index (χ2v) is 4.13. The molecule has 1 heterocycles. The van der Waals surface area contributed by atoms with Crippen molar-refractivity contribution in [3.8, 4) is 0 Å². The molecule has 0 aliphatic carbocycles. The average molecular weight is 196 g/mol. The summed E-state index contributed by atoms with van der Waals surface area (Å²) in [6.07, 6.45) is 1.61. The molecule has 0 amide bonds. The normalized spacial score (nSPS) is 11.9. The van der Waals surface area contributed by atoms with Gasteiger partial charge in [-0.05, 0) is 39.4 Å². The van der Waals surface area contributed by atoms with Crippen LogP contribution in [0.4, 0.5) is 0 Å². The first-order valence-electron chi connectivity index (χ1n) is 4.34. The summed E-state index contributed by atoms with van der Waals surface area (Å²) in [5.74, 6) is 0. The lowest BCUT2D eigenvalue weighted by Gasteiger charge is -2.31. The Bertz CT molecular complexity index is 235. The zero-order valence-corrected chi connectivity index (χ0v) is 9.07. The maximum atomic E-state index is 9.10. The predicted molar refractivity (Wildman–Crippen MR) is 56.6 cm³/mol. The van der Waals surface area contributed by atoms with Gasteiger partial charge in [0.05, 0.1) is 11.2 Å². The first-order valence-corrected chi connectivity index (χ1v) is 4.34. The number of rotatable bonds is 1. The van der Waals surface area contributed by atoms with E-state index >= 15 is 0 Å². The van der Waals surface area contributed by atoms with Gasteiger partial charge >= 0.3 is 0 Å². The molecule has 1 aromatic rings. The molecule has 0 spiro atoms. The average Bonchev–Trinajstić information content (AvgIpc) is 2.35. The van der Waals surface area contributed by atoms with Crippen LogP contribution in [0.5, 0.6) is 0 Å². The Morgan fingerprint density at radius 1 is 1.21 bits per heavy atom. The number of hydrogen-bond acceptors (Lipinski definition) is 3. The second-order valence-electron chi connectivity index (χ2n) is 4.13. The minimum Gasteiger partial charge on any atom is -0.387 e. The monoisotopic (exact) mass is 196 g/mol. The van der Waals surface area contributed by atoms with Crippen molar-refractivity contribution in [3.63, 3.8) is 0 Å². The van der Waals surface area contributed by atoms with Gasteiger partial charge in [-0.1, -0.05) is 0 Å². The van der Waals surface area contributed by atoms with Crippen LogP contribution in [0.2, 0.25) is 0 Å². The van der Waals surface area contributed by atoms with Crippen molar-refractivity contribution in [1.82, 2.24) is 10.2 Å². The summed E-state index contributed by atoms with van der Waals surface area (Å²) in [5, 5.41) is 24.3. The third-order valence-electron chi connectivity index (χ3n) is 2.02. The Kier molecular flexibility index (Phi) is 4.35. The Balaban J connectivity index is 0.000000249. The highest BCUT2D eigenvalue weighted by molar-refractivity contribution is 6.30. The third kappa shape index (κ3) is 5.04. The number of H-pyrrole nitrogens is 1. The van der Waals surface area contributed by atoms with Crippen LogP contribution in [0.15, 0.2) is 12.3 Å². The molecule has 0 atom stereocenters. The van der Waals surface area contributed by atoms with Gasteiger partial charge in [-0.3, -0.25) is 5.10 Å². The van der Waals surface area contributed by atoms with Gasteiger partial charge in [0.25, 0.3) is 0 Å². The summed E-state index contributed by atoms with van der Waals surface area (Å²) < 4.78 is 0. The van der Waals surface area contributed by atoms with Crippen LogP contribution in [0.25, 0.3) is 0 Å². The summed E-state index contributed by atoms with van der Waals surface area (Å²) in [4.78, 5) is 0. The standard InChI is InChI=1S/C6H14O2.C3H3BN2/c1-5(2,7)6(3,4)8;4-3-1-2-5-6-3/h7-8H,1-4H3;1-2H,(H,5,6). The van der Waals surface area contributed by atoms with Crippen LogP contribution in [-0.4, -0.2) is 39.5 Å². The summed E-state index contributed by atoms with van der Waals surface area (Å²) in [6.45, 7) is 6.31. The van der Waals surface area contributed by atoms with E-state index in [-0.39, 0.29) is 0 Å². The highest BCUT2D eigenvalue weighted by Gasteiger charge is 2.31. The first kappa shape index (κ1) is 13.2. The molecular formula is C9H17BN2O2. The van der Waals surface area contributed by atoms with E-state index in [0.29, 0.717) is 5.59 Å². The molecule has 0 unspecified atom stereocenters. The van der Waals surface area contributed by atoms with Gasteiger partial charge in [-0.25, -0.2) is 0 Å². The summed E-state index contributed by atoms with van der Waals surface area (Å²) in [7, 11) is 5.16. The van der Waals surface area contributed by atoms with Crippen molar-refractivity contribution in [1.29, 1.82) is 0 Å². The molecular weight excluding hydrogens is 179 g/mol. The molecule has 78 valence electrons.